The van der Waals surface area contributed by atoms with Gasteiger partial charge in [-0.2, -0.15) is 4.98 Å². The van der Waals surface area contributed by atoms with Crippen LogP contribution in [0.25, 0.3) is 10.8 Å². The number of hydrogen-bond donors (Lipinski definition) is 0. The minimum Gasteiger partial charge on any atom is -0.340 e. The minimum absolute atomic E-state index is 0.00754. The van der Waals surface area contributed by atoms with E-state index in [2.05, 4.69) is 20.0 Å². The second-order valence-corrected chi connectivity index (χ2v) is 6.18. The summed E-state index contributed by atoms with van der Waals surface area (Å²) in [6.45, 7) is 5.32. The van der Waals surface area contributed by atoms with Crippen molar-refractivity contribution in [2.24, 2.45) is 0 Å². The Labute approximate surface area is 145 Å². The smallest absolute Gasteiger partial charge is 0.273 e. The summed E-state index contributed by atoms with van der Waals surface area (Å²) in [5.74, 6) is 1.26. The molecule has 0 spiro atoms. The molecule has 0 atom stereocenters. The maximum atomic E-state index is 12.9. The summed E-state index contributed by atoms with van der Waals surface area (Å²) < 4.78 is 5.00. The summed E-state index contributed by atoms with van der Waals surface area (Å²) in [6, 6.07) is 9.78. The van der Waals surface area contributed by atoms with Gasteiger partial charge < -0.3 is 9.42 Å². The average Bonchev–Trinajstić information content (AvgIpc) is 3.06. The Morgan fingerprint density at radius 2 is 1.96 bits per heavy atom. The molecule has 25 heavy (non-hydrogen) atoms. The van der Waals surface area contributed by atoms with Crippen LogP contribution in [0, 0.1) is 6.92 Å². The van der Waals surface area contributed by atoms with Crippen molar-refractivity contribution in [2.45, 2.75) is 13.5 Å². The van der Waals surface area contributed by atoms with Gasteiger partial charge in [0.2, 0.25) is 5.89 Å². The first kappa shape index (κ1) is 15.7. The summed E-state index contributed by atoms with van der Waals surface area (Å²) >= 11 is 0. The van der Waals surface area contributed by atoms with Gasteiger partial charge in [-0.1, -0.05) is 29.4 Å². The number of benzene rings is 1. The number of fused-ring (bicyclic) bond motifs is 1. The minimum atomic E-state index is -0.00754. The van der Waals surface area contributed by atoms with E-state index in [1.54, 1.807) is 13.1 Å². The van der Waals surface area contributed by atoms with Crippen molar-refractivity contribution in [3.05, 3.63) is 53.9 Å². The number of hydrogen-bond acceptors (Lipinski definition) is 6. The molecule has 0 saturated carbocycles. The first-order valence-corrected chi connectivity index (χ1v) is 8.35. The second-order valence-electron chi connectivity index (χ2n) is 6.18. The summed E-state index contributed by atoms with van der Waals surface area (Å²) in [5.41, 5.74) is 0.528. The molecule has 1 fully saturated rings. The van der Waals surface area contributed by atoms with Gasteiger partial charge in [0, 0.05) is 44.7 Å². The number of nitrogens with zero attached hydrogens (tertiary/aromatic N) is 5. The Morgan fingerprint density at radius 3 is 2.72 bits per heavy atom. The summed E-state index contributed by atoms with van der Waals surface area (Å²) in [5, 5.41) is 5.86. The van der Waals surface area contributed by atoms with E-state index in [1.165, 1.54) is 0 Å². The summed E-state index contributed by atoms with van der Waals surface area (Å²) in [4.78, 5) is 25.5. The Hall–Kier alpha value is -2.80. The second kappa shape index (κ2) is 6.60. The zero-order chi connectivity index (χ0) is 17.2. The van der Waals surface area contributed by atoms with Crippen LogP contribution in [-0.4, -0.2) is 57.0 Å². The van der Waals surface area contributed by atoms with Gasteiger partial charge in [0.1, 0.15) is 5.69 Å². The molecule has 0 N–H and O–H groups in total. The number of carbonyl (C=O) groups excluding carboxylic acids is 1. The van der Waals surface area contributed by atoms with Crippen LogP contribution in [0.15, 0.2) is 41.1 Å². The van der Waals surface area contributed by atoms with Crippen molar-refractivity contribution < 1.29 is 9.32 Å². The molecule has 0 unspecified atom stereocenters. The standard InChI is InChI=1S/C18H19N5O2/c1-13-20-16(21-25-13)12-22-8-10-23(11-9-22)18(24)17-15-5-3-2-4-14(15)6-7-19-17/h2-7H,8-12H2,1H3. The van der Waals surface area contributed by atoms with Crippen molar-refractivity contribution in [2.75, 3.05) is 26.2 Å². The van der Waals surface area contributed by atoms with Crippen LogP contribution in [0.2, 0.25) is 0 Å². The zero-order valence-corrected chi connectivity index (χ0v) is 14.1. The van der Waals surface area contributed by atoms with Gasteiger partial charge in [-0.05, 0) is 11.5 Å². The van der Waals surface area contributed by atoms with E-state index in [0.717, 1.165) is 23.9 Å². The third-order valence-electron chi connectivity index (χ3n) is 4.47. The van der Waals surface area contributed by atoms with Crippen molar-refractivity contribution in [3.63, 3.8) is 0 Å². The first-order chi connectivity index (χ1) is 12.2. The molecule has 4 rings (SSSR count). The highest BCUT2D eigenvalue weighted by Gasteiger charge is 2.24. The lowest BCUT2D eigenvalue weighted by Gasteiger charge is -2.34. The molecule has 3 aromatic rings. The van der Waals surface area contributed by atoms with E-state index in [1.807, 2.05) is 35.2 Å². The lowest BCUT2D eigenvalue weighted by Crippen LogP contribution is -2.48. The summed E-state index contributed by atoms with van der Waals surface area (Å²) in [6.07, 6.45) is 1.70. The molecule has 7 nitrogen and oxygen atoms in total. The maximum Gasteiger partial charge on any atom is 0.273 e. The molecule has 1 amide bonds. The number of carbonyl (C=O) groups is 1. The molecule has 0 bridgehead atoms. The highest BCUT2D eigenvalue weighted by atomic mass is 16.5. The maximum absolute atomic E-state index is 12.9. The third-order valence-corrected chi connectivity index (χ3v) is 4.47. The van der Waals surface area contributed by atoms with Crippen molar-refractivity contribution in [1.29, 1.82) is 0 Å². The van der Waals surface area contributed by atoms with E-state index >= 15 is 0 Å². The number of amides is 1. The van der Waals surface area contributed by atoms with E-state index in [0.29, 0.717) is 37.0 Å². The molecule has 0 radical (unpaired) electrons. The third kappa shape index (κ3) is 3.23. The first-order valence-electron chi connectivity index (χ1n) is 8.35. The predicted octanol–water partition coefficient (Wildman–Crippen LogP) is 1.88. The molecule has 0 aliphatic carbocycles. The van der Waals surface area contributed by atoms with Gasteiger partial charge in [-0.25, -0.2) is 0 Å². The molecule has 7 heteroatoms. The highest BCUT2D eigenvalue weighted by Crippen LogP contribution is 2.18. The van der Waals surface area contributed by atoms with E-state index in [9.17, 15) is 4.79 Å². The number of aryl methyl sites for hydroxylation is 1. The number of aromatic nitrogens is 3. The van der Waals surface area contributed by atoms with E-state index < -0.39 is 0 Å². The Balaban J connectivity index is 1.44. The fourth-order valence-electron chi connectivity index (χ4n) is 3.15. The molecule has 1 aliphatic heterocycles. The molecular formula is C18H19N5O2. The molecular weight excluding hydrogens is 318 g/mol. The molecule has 2 aromatic heterocycles. The normalized spacial score (nSPS) is 15.6. The van der Waals surface area contributed by atoms with Crippen molar-refractivity contribution in [1.82, 2.24) is 24.9 Å². The van der Waals surface area contributed by atoms with Gasteiger partial charge in [-0.15, -0.1) is 0 Å². The van der Waals surface area contributed by atoms with Crippen LogP contribution >= 0.6 is 0 Å². The monoisotopic (exact) mass is 337 g/mol. The lowest BCUT2D eigenvalue weighted by molar-refractivity contribution is 0.0621. The Kier molecular flexibility index (Phi) is 4.15. The Morgan fingerprint density at radius 1 is 1.16 bits per heavy atom. The van der Waals surface area contributed by atoms with E-state index in [-0.39, 0.29) is 5.91 Å². The number of rotatable bonds is 3. The molecule has 128 valence electrons. The fraction of sp³-hybridized carbons (Fsp3) is 0.333. The van der Waals surface area contributed by atoms with Crippen LogP contribution in [0.4, 0.5) is 0 Å². The predicted molar refractivity (Wildman–Crippen MR) is 92.0 cm³/mol. The highest BCUT2D eigenvalue weighted by molar-refractivity contribution is 6.05. The van der Waals surface area contributed by atoms with Gasteiger partial charge in [0.25, 0.3) is 5.91 Å². The number of pyridine rings is 1. The number of piperazine rings is 1. The average molecular weight is 337 g/mol. The topological polar surface area (TPSA) is 75.4 Å². The summed E-state index contributed by atoms with van der Waals surface area (Å²) in [7, 11) is 0. The molecule has 1 aromatic carbocycles. The van der Waals surface area contributed by atoms with Crippen molar-refractivity contribution >= 4 is 16.7 Å². The van der Waals surface area contributed by atoms with E-state index in [4.69, 9.17) is 4.52 Å². The van der Waals surface area contributed by atoms with Crippen molar-refractivity contribution in [3.8, 4) is 0 Å². The van der Waals surface area contributed by atoms with Gasteiger partial charge in [0.15, 0.2) is 5.82 Å². The quantitative estimate of drug-likeness (QED) is 0.726. The van der Waals surface area contributed by atoms with Crippen LogP contribution in [-0.2, 0) is 6.54 Å². The van der Waals surface area contributed by atoms with Gasteiger partial charge in [-0.3, -0.25) is 14.7 Å². The largest absolute Gasteiger partial charge is 0.340 e. The Bertz CT molecular complexity index is 894. The fourth-order valence-corrected chi connectivity index (χ4v) is 3.15. The SMILES string of the molecule is Cc1nc(CN2CCN(C(=O)c3nccc4ccccc34)CC2)no1. The molecule has 1 aliphatic rings. The van der Waals surface area contributed by atoms with Crippen LogP contribution in [0.5, 0.6) is 0 Å². The van der Waals surface area contributed by atoms with Crippen LogP contribution < -0.4 is 0 Å². The van der Waals surface area contributed by atoms with Crippen LogP contribution in [0.3, 0.4) is 0 Å². The molecule has 3 heterocycles. The molecule has 1 saturated heterocycles. The zero-order valence-electron chi connectivity index (χ0n) is 14.1. The van der Waals surface area contributed by atoms with Gasteiger partial charge in [0.05, 0.1) is 6.54 Å². The van der Waals surface area contributed by atoms with Crippen LogP contribution in [0.1, 0.15) is 22.2 Å². The lowest BCUT2D eigenvalue weighted by atomic mass is 10.1. The van der Waals surface area contributed by atoms with Gasteiger partial charge >= 0.3 is 0 Å².